The molecule has 0 radical (unpaired) electrons. The van der Waals surface area contributed by atoms with E-state index in [4.69, 9.17) is 5.73 Å². The van der Waals surface area contributed by atoms with E-state index in [9.17, 15) is 0 Å². The highest BCUT2D eigenvalue weighted by Gasteiger charge is 2.08. The topological polar surface area (TPSA) is 38.9 Å². The first kappa shape index (κ1) is 8.97. The van der Waals surface area contributed by atoms with Crippen LogP contribution in [-0.4, -0.2) is 4.98 Å². The molecule has 2 aromatic rings. The normalized spacial score (nSPS) is 11.0. The van der Waals surface area contributed by atoms with E-state index in [0.29, 0.717) is 5.13 Å². The van der Waals surface area contributed by atoms with Crippen molar-refractivity contribution >= 4 is 42.6 Å². The minimum atomic E-state index is 0.635. The monoisotopic (exact) mass is 256 g/mol. The lowest BCUT2D eigenvalue weighted by molar-refractivity contribution is 1.32. The minimum absolute atomic E-state index is 0.635. The molecule has 0 aliphatic carbocycles. The maximum absolute atomic E-state index is 5.65. The van der Waals surface area contributed by atoms with Crippen LogP contribution in [0.3, 0.4) is 0 Å². The van der Waals surface area contributed by atoms with Crippen molar-refractivity contribution in [3.8, 4) is 0 Å². The smallest absolute Gasteiger partial charge is 0.181 e. The van der Waals surface area contributed by atoms with Gasteiger partial charge in [0.2, 0.25) is 0 Å². The second-order valence-corrected chi connectivity index (χ2v) is 4.92. The molecule has 2 rings (SSSR count). The number of rotatable bonds is 0. The molecule has 2 nitrogen and oxygen atoms in total. The summed E-state index contributed by atoms with van der Waals surface area (Å²) in [6.45, 7) is 4.15. The van der Waals surface area contributed by atoms with Gasteiger partial charge in [-0.2, -0.15) is 0 Å². The van der Waals surface area contributed by atoms with Crippen molar-refractivity contribution in [1.29, 1.82) is 0 Å². The van der Waals surface area contributed by atoms with Crippen molar-refractivity contribution in [2.45, 2.75) is 13.8 Å². The summed E-state index contributed by atoms with van der Waals surface area (Å²) in [5.74, 6) is 0. The predicted molar refractivity (Wildman–Crippen MR) is 61.2 cm³/mol. The highest BCUT2D eigenvalue weighted by Crippen LogP contribution is 2.32. The van der Waals surface area contributed by atoms with Gasteiger partial charge in [0, 0.05) is 4.47 Å². The van der Waals surface area contributed by atoms with E-state index in [2.05, 4.69) is 40.8 Å². The Hall–Kier alpha value is -0.610. The quantitative estimate of drug-likeness (QED) is 0.786. The van der Waals surface area contributed by atoms with E-state index in [1.54, 1.807) is 0 Å². The molecule has 0 aliphatic heterocycles. The van der Waals surface area contributed by atoms with Gasteiger partial charge in [0.25, 0.3) is 0 Å². The van der Waals surface area contributed by atoms with Crippen molar-refractivity contribution in [3.05, 3.63) is 21.7 Å². The van der Waals surface area contributed by atoms with E-state index in [0.717, 1.165) is 14.7 Å². The maximum atomic E-state index is 5.65. The van der Waals surface area contributed by atoms with Crippen molar-refractivity contribution in [1.82, 2.24) is 4.98 Å². The average Bonchev–Trinajstić information content (AvgIpc) is 2.42. The zero-order valence-corrected chi connectivity index (χ0v) is 9.79. The number of fused-ring (bicyclic) bond motifs is 1. The molecule has 68 valence electrons. The molecule has 0 aliphatic rings. The molecule has 13 heavy (non-hydrogen) atoms. The molecule has 0 saturated heterocycles. The number of nitrogens with two attached hydrogens (primary N) is 1. The lowest BCUT2D eigenvalue weighted by Gasteiger charge is -2.02. The summed E-state index contributed by atoms with van der Waals surface area (Å²) < 4.78 is 2.27. The van der Waals surface area contributed by atoms with E-state index in [1.165, 1.54) is 22.5 Å². The predicted octanol–water partition coefficient (Wildman–Crippen LogP) is 3.26. The molecule has 1 aromatic carbocycles. The molecule has 1 aromatic heterocycles. The number of nitrogen functional groups attached to an aromatic ring is 1. The number of thiazole rings is 1. The zero-order chi connectivity index (χ0) is 9.59. The molecule has 0 amide bonds. The van der Waals surface area contributed by atoms with Gasteiger partial charge in [0.05, 0.1) is 10.2 Å². The Bertz CT molecular complexity index is 476. The summed E-state index contributed by atoms with van der Waals surface area (Å²) >= 11 is 5.04. The first-order valence-corrected chi connectivity index (χ1v) is 5.52. The Morgan fingerprint density at radius 2 is 2.08 bits per heavy atom. The lowest BCUT2D eigenvalue weighted by Crippen LogP contribution is -1.85. The molecule has 0 fully saturated rings. The second-order valence-electron chi connectivity index (χ2n) is 3.01. The van der Waals surface area contributed by atoms with Crippen molar-refractivity contribution < 1.29 is 0 Å². The number of aromatic nitrogens is 1. The Labute approximate surface area is 88.9 Å². The van der Waals surface area contributed by atoms with Crippen LogP contribution in [0.25, 0.3) is 10.2 Å². The highest BCUT2D eigenvalue weighted by atomic mass is 79.9. The van der Waals surface area contributed by atoms with Crippen LogP contribution in [0.5, 0.6) is 0 Å². The van der Waals surface area contributed by atoms with Crippen LogP contribution in [0.1, 0.15) is 11.1 Å². The first-order chi connectivity index (χ1) is 6.09. The second kappa shape index (κ2) is 2.96. The van der Waals surface area contributed by atoms with E-state index < -0.39 is 0 Å². The fraction of sp³-hybridized carbons (Fsp3) is 0.222. The van der Waals surface area contributed by atoms with Crippen LogP contribution in [0, 0.1) is 13.8 Å². The highest BCUT2D eigenvalue weighted by molar-refractivity contribution is 9.10. The lowest BCUT2D eigenvalue weighted by atomic mass is 10.1. The maximum Gasteiger partial charge on any atom is 0.181 e. The molecule has 0 bridgehead atoms. The number of aryl methyl sites for hydroxylation is 1. The molecule has 0 saturated carbocycles. The van der Waals surface area contributed by atoms with Gasteiger partial charge in [-0.3, -0.25) is 0 Å². The average molecular weight is 257 g/mol. The summed E-state index contributed by atoms with van der Waals surface area (Å²) in [6, 6.07) is 2.08. The van der Waals surface area contributed by atoms with Crippen LogP contribution in [-0.2, 0) is 0 Å². The summed E-state index contributed by atoms with van der Waals surface area (Å²) in [7, 11) is 0. The van der Waals surface area contributed by atoms with Gasteiger partial charge in [0.15, 0.2) is 5.13 Å². The molecule has 0 atom stereocenters. The number of nitrogens with zero attached hydrogens (tertiary/aromatic N) is 1. The minimum Gasteiger partial charge on any atom is -0.375 e. The fourth-order valence-corrected chi connectivity index (χ4v) is 2.81. The molecule has 0 unspecified atom stereocenters. The van der Waals surface area contributed by atoms with E-state index in [1.807, 2.05) is 0 Å². The molecule has 2 N–H and O–H groups in total. The Kier molecular flexibility index (Phi) is 2.04. The van der Waals surface area contributed by atoms with Gasteiger partial charge in [-0.05, 0) is 31.0 Å². The third-order valence-electron chi connectivity index (χ3n) is 2.20. The first-order valence-electron chi connectivity index (χ1n) is 3.91. The van der Waals surface area contributed by atoms with Crippen LogP contribution in [0.15, 0.2) is 10.5 Å². The van der Waals surface area contributed by atoms with Crippen molar-refractivity contribution in [2.75, 3.05) is 5.73 Å². The van der Waals surface area contributed by atoms with Gasteiger partial charge >= 0.3 is 0 Å². The number of hydrogen-bond donors (Lipinski definition) is 1. The van der Waals surface area contributed by atoms with Gasteiger partial charge in [-0.25, -0.2) is 4.98 Å². The van der Waals surface area contributed by atoms with Crippen molar-refractivity contribution in [3.63, 3.8) is 0 Å². The summed E-state index contributed by atoms with van der Waals surface area (Å²) in [4.78, 5) is 4.29. The van der Waals surface area contributed by atoms with E-state index >= 15 is 0 Å². The standard InChI is InChI=1S/C9H9BrN2S/c1-4-5(2)8-7(3-6(4)10)13-9(11)12-8/h3H,1-2H3,(H2,11,12). The third-order valence-corrected chi connectivity index (χ3v) is 3.86. The number of benzene rings is 1. The Balaban J connectivity index is 2.92. The molecule has 4 heteroatoms. The van der Waals surface area contributed by atoms with Crippen LogP contribution in [0.4, 0.5) is 5.13 Å². The van der Waals surface area contributed by atoms with Crippen LogP contribution < -0.4 is 5.73 Å². The largest absolute Gasteiger partial charge is 0.375 e. The Morgan fingerprint density at radius 1 is 1.38 bits per heavy atom. The number of hydrogen-bond acceptors (Lipinski definition) is 3. The van der Waals surface area contributed by atoms with Gasteiger partial charge in [-0.1, -0.05) is 27.3 Å². The van der Waals surface area contributed by atoms with Gasteiger partial charge in [0.1, 0.15) is 0 Å². The number of anilines is 1. The van der Waals surface area contributed by atoms with Crippen LogP contribution in [0.2, 0.25) is 0 Å². The SMILES string of the molecule is Cc1c(Br)cc2sc(N)nc2c1C. The fourth-order valence-electron chi connectivity index (χ4n) is 1.30. The molecule has 0 spiro atoms. The van der Waals surface area contributed by atoms with Crippen molar-refractivity contribution in [2.24, 2.45) is 0 Å². The Morgan fingerprint density at radius 3 is 2.77 bits per heavy atom. The zero-order valence-electron chi connectivity index (χ0n) is 7.39. The molecule has 1 heterocycles. The summed E-state index contributed by atoms with van der Waals surface area (Å²) in [6.07, 6.45) is 0. The molecular formula is C9H9BrN2S. The van der Waals surface area contributed by atoms with E-state index in [-0.39, 0.29) is 0 Å². The third kappa shape index (κ3) is 1.34. The molecular weight excluding hydrogens is 248 g/mol. The summed E-state index contributed by atoms with van der Waals surface area (Å²) in [5.41, 5.74) is 9.12. The van der Waals surface area contributed by atoms with Gasteiger partial charge in [-0.15, -0.1) is 0 Å². The van der Waals surface area contributed by atoms with Crippen LogP contribution >= 0.6 is 27.3 Å². The van der Waals surface area contributed by atoms with Gasteiger partial charge < -0.3 is 5.73 Å². The number of halogens is 1. The summed E-state index contributed by atoms with van der Waals surface area (Å²) in [5, 5.41) is 0.635.